The molecule has 0 radical (unpaired) electrons. The van der Waals surface area contributed by atoms with Crippen LogP contribution in [0.15, 0.2) is 53.0 Å². The Morgan fingerprint density at radius 1 is 1.18 bits per heavy atom. The van der Waals surface area contributed by atoms with Gasteiger partial charge in [-0.05, 0) is 41.3 Å². The number of rotatable bonds is 4. The molecule has 1 N–H and O–H groups in total. The first-order valence-corrected chi connectivity index (χ1v) is 7.79. The molecule has 0 unspecified atom stereocenters. The predicted octanol–water partition coefficient (Wildman–Crippen LogP) is 5.36. The Labute approximate surface area is 138 Å². The molecule has 2 aromatic rings. The zero-order valence-corrected chi connectivity index (χ0v) is 14.0. The van der Waals surface area contributed by atoms with Gasteiger partial charge < -0.3 is 5.32 Å². The van der Waals surface area contributed by atoms with Crippen molar-refractivity contribution in [3.05, 3.63) is 70.0 Å². The molecule has 2 nitrogen and oxygen atoms in total. The Kier molecular flexibility index (Phi) is 5.50. The molecule has 22 heavy (non-hydrogen) atoms. The van der Waals surface area contributed by atoms with Crippen molar-refractivity contribution in [1.82, 2.24) is 0 Å². The van der Waals surface area contributed by atoms with E-state index >= 15 is 0 Å². The van der Waals surface area contributed by atoms with Gasteiger partial charge in [-0.3, -0.25) is 4.79 Å². The summed E-state index contributed by atoms with van der Waals surface area (Å²) in [7, 11) is 0. The van der Waals surface area contributed by atoms with Crippen LogP contribution in [0.1, 0.15) is 30.9 Å². The molecule has 0 aliphatic heterocycles. The Hall–Kier alpha value is -1.94. The van der Waals surface area contributed by atoms with Gasteiger partial charge in [0.05, 0.1) is 5.69 Å². The van der Waals surface area contributed by atoms with Gasteiger partial charge >= 0.3 is 0 Å². The number of carbonyl (C=O) groups is 1. The lowest BCUT2D eigenvalue weighted by Gasteiger charge is -2.05. The summed E-state index contributed by atoms with van der Waals surface area (Å²) >= 11 is 3.17. The highest BCUT2D eigenvalue weighted by Gasteiger charge is 2.05. The minimum absolute atomic E-state index is 0.160. The fourth-order valence-corrected chi connectivity index (χ4v) is 2.26. The van der Waals surface area contributed by atoms with Crippen LogP contribution in [-0.2, 0) is 4.79 Å². The first kappa shape index (κ1) is 16.4. The standard InChI is InChI=1S/C18H17BrFNO/c1-12(2)14-6-3-13(4-7-14)5-10-18(22)21-17-9-8-15(19)11-16(17)20/h3-12H,1-2H3,(H,21,22). The van der Waals surface area contributed by atoms with Crippen molar-refractivity contribution in [2.24, 2.45) is 0 Å². The molecule has 0 spiro atoms. The molecule has 114 valence electrons. The summed E-state index contributed by atoms with van der Waals surface area (Å²) in [5, 5.41) is 2.52. The van der Waals surface area contributed by atoms with Crippen molar-refractivity contribution in [2.45, 2.75) is 19.8 Å². The third-order valence-electron chi connectivity index (χ3n) is 3.22. The molecule has 0 bridgehead atoms. The summed E-state index contributed by atoms with van der Waals surface area (Å²) in [6.45, 7) is 4.26. The normalized spacial score (nSPS) is 11.1. The van der Waals surface area contributed by atoms with E-state index in [0.29, 0.717) is 10.4 Å². The third-order valence-corrected chi connectivity index (χ3v) is 3.71. The molecule has 0 atom stereocenters. The van der Waals surface area contributed by atoms with Crippen molar-refractivity contribution in [1.29, 1.82) is 0 Å². The fraction of sp³-hybridized carbons (Fsp3) is 0.167. The topological polar surface area (TPSA) is 29.1 Å². The lowest BCUT2D eigenvalue weighted by Crippen LogP contribution is -2.09. The quantitative estimate of drug-likeness (QED) is 0.729. The van der Waals surface area contributed by atoms with Crippen LogP contribution in [0, 0.1) is 5.82 Å². The molecule has 2 rings (SSSR count). The van der Waals surface area contributed by atoms with Gasteiger partial charge in [-0.15, -0.1) is 0 Å². The highest BCUT2D eigenvalue weighted by molar-refractivity contribution is 9.10. The highest BCUT2D eigenvalue weighted by Crippen LogP contribution is 2.19. The van der Waals surface area contributed by atoms with E-state index in [1.54, 1.807) is 12.1 Å². The number of benzene rings is 2. The maximum Gasteiger partial charge on any atom is 0.248 e. The van der Waals surface area contributed by atoms with Crippen molar-refractivity contribution in [2.75, 3.05) is 5.32 Å². The fourth-order valence-electron chi connectivity index (χ4n) is 1.93. The van der Waals surface area contributed by atoms with Gasteiger partial charge in [0.1, 0.15) is 5.82 Å². The lowest BCUT2D eigenvalue weighted by molar-refractivity contribution is -0.111. The molecule has 0 heterocycles. The summed E-state index contributed by atoms with van der Waals surface area (Å²) in [4.78, 5) is 11.8. The second-order valence-corrected chi connectivity index (χ2v) is 6.18. The Balaban J connectivity index is 2.01. The summed E-state index contributed by atoms with van der Waals surface area (Å²) < 4.78 is 14.3. The number of anilines is 1. The van der Waals surface area contributed by atoms with Crippen molar-refractivity contribution in [3.8, 4) is 0 Å². The van der Waals surface area contributed by atoms with Crippen LogP contribution >= 0.6 is 15.9 Å². The van der Waals surface area contributed by atoms with E-state index in [1.165, 1.54) is 23.8 Å². The first-order valence-electron chi connectivity index (χ1n) is 7.00. The minimum atomic E-state index is -0.475. The van der Waals surface area contributed by atoms with E-state index in [0.717, 1.165) is 5.56 Å². The second-order valence-electron chi connectivity index (χ2n) is 5.27. The number of halogens is 2. The van der Waals surface area contributed by atoms with Crippen LogP contribution in [0.25, 0.3) is 6.08 Å². The summed E-state index contributed by atoms with van der Waals surface area (Å²) in [6.07, 6.45) is 3.10. The largest absolute Gasteiger partial charge is 0.320 e. The SMILES string of the molecule is CC(C)c1ccc(C=CC(=O)Nc2ccc(Br)cc2F)cc1. The van der Waals surface area contributed by atoms with Crippen LogP contribution < -0.4 is 5.32 Å². The molecule has 0 fully saturated rings. The summed E-state index contributed by atoms with van der Waals surface area (Å²) in [5.74, 6) is -0.367. The number of carbonyl (C=O) groups excluding carboxylic acids is 1. The van der Waals surface area contributed by atoms with Gasteiger partial charge in [0.25, 0.3) is 0 Å². The molecule has 1 amide bonds. The van der Waals surface area contributed by atoms with E-state index in [2.05, 4.69) is 35.1 Å². The molecule has 0 aromatic heterocycles. The molecule has 0 aliphatic rings. The lowest BCUT2D eigenvalue weighted by atomic mass is 10.0. The predicted molar refractivity (Wildman–Crippen MR) is 92.3 cm³/mol. The van der Waals surface area contributed by atoms with Crippen molar-refractivity contribution in [3.63, 3.8) is 0 Å². The van der Waals surface area contributed by atoms with E-state index < -0.39 is 5.82 Å². The van der Waals surface area contributed by atoms with E-state index in [4.69, 9.17) is 0 Å². The Morgan fingerprint density at radius 2 is 1.86 bits per heavy atom. The van der Waals surface area contributed by atoms with Gasteiger partial charge in [-0.25, -0.2) is 4.39 Å². The summed E-state index contributed by atoms with van der Waals surface area (Å²) in [5.41, 5.74) is 2.34. The van der Waals surface area contributed by atoms with Crippen molar-refractivity contribution >= 4 is 33.6 Å². The molecule has 0 saturated heterocycles. The Morgan fingerprint density at radius 3 is 2.45 bits per heavy atom. The van der Waals surface area contributed by atoms with E-state index in [9.17, 15) is 9.18 Å². The van der Waals surface area contributed by atoms with Gasteiger partial charge in [0.15, 0.2) is 0 Å². The average molecular weight is 362 g/mol. The van der Waals surface area contributed by atoms with Crippen molar-refractivity contribution < 1.29 is 9.18 Å². The number of nitrogens with one attached hydrogen (secondary N) is 1. The minimum Gasteiger partial charge on any atom is -0.320 e. The summed E-state index contributed by atoms with van der Waals surface area (Å²) in [6, 6.07) is 12.5. The molecule has 0 aliphatic carbocycles. The molecule has 4 heteroatoms. The smallest absolute Gasteiger partial charge is 0.248 e. The van der Waals surface area contributed by atoms with Gasteiger partial charge in [-0.1, -0.05) is 54.0 Å². The molecule has 2 aromatic carbocycles. The average Bonchev–Trinajstić information content (AvgIpc) is 2.48. The number of hydrogen-bond donors (Lipinski definition) is 1. The highest BCUT2D eigenvalue weighted by atomic mass is 79.9. The number of hydrogen-bond acceptors (Lipinski definition) is 1. The van der Waals surface area contributed by atoms with Gasteiger partial charge in [0.2, 0.25) is 5.91 Å². The van der Waals surface area contributed by atoms with E-state index in [1.807, 2.05) is 24.3 Å². The number of amides is 1. The van der Waals surface area contributed by atoms with Gasteiger partial charge in [0, 0.05) is 10.5 Å². The zero-order chi connectivity index (χ0) is 16.1. The monoisotopic (exact) mass is 361 g/mol. The van der Waals surface area contributed by atoms with Gasteiger partial charge in [-0.2, -0.15) is 0 Å². The maximum atomic E-state index is 13.6. The maximum absolute atomic E-state index is 13.6. The molecular formula is C18H17BrFNO. The van der Waals surface area contributed by atoms with Crippen LogP contribution in [-0.4, -0.2) is 5.91 Å². The van der Waals surface area contributed by atoms with Crippen LogP contribution in [0.2, 0.25) is 0 Å². The van der Waals surface area contributed by atoms with E-state index in [-0.39, 0.29) is 11.6 Å². The first-order chi connectivity index (χ1) is 10.5. The van der Waals surface area contributed by atoms with Crippen LogP contribution in [0.3, 0.4) is 0 Å². The van der Waals surface area contributed by atoms with Crippen LogP contribution in [0.5, 0.6) is 0 Å². The third kappa shape index (κ3) is 4.53. The zero-order valence-electron chi connectivity index (χ0n) is 12.4. The Bertz CT molecular complexity index is 693. The molecule has 0 saturated carbocycles. The second kappa shape index (κ2) is 7.36. The molecular weight excluding hydrogens is 345 g/mol. The van der Waals surface area contributed by atoms with Crippen LogP contribution in [0.4, 0.5) is 10.1 Å².